The Labute approximate surface area is 193 Å². The number of hydrogen-bond donors (Lipinski definition) is 2. The minimum Gasteiger partial charge on any atom is -0.399 e. The van der Waals surface area contributed by atoms with E-state index in [0.29, 0.717) is 0 Å². The predicted octanol–water partition coefficient (Wildman–Crippen LogP) is 5.12. The van der Waals surface area contributed by atoms with Gasteiger partial charge >= 0.3 is 0 Å². The molecule has 1 aliphatic heterocycles. The molecule has 0 saturated carbocycles. The zero-order valence-corrected chi connectivity index (χ0v) is 19.7. The van der Waals surface area contributed by atoms with Gasteiger partial charge in [-0.05, 0) is 85.8 Å². The third-order valence-corrected chi connectivity index (χ3v) is 6.12. The molecule has 2 aromatic rings. The molecule has 2 aromatic carbocycles. The fraction of sp³-hybridized carbons (Fsp3) is 0.357. The molecule has 3 N–H and O–H groups in total. The van der Waals surface area contributed by atoms with Crippen LogP contribution >= 0.6 is 0 Å². The van der Waals surface area contributed by atoms with Crippen molar-refractivity contribution in [1.29, 1.82) is 0 Å². The Bertz CT molecular complexity index is 947. The highest BCUT2D eigenvalue weighted by atomic mass is 16.2. The zero-order valence-electron chi connectivity index (χ0n) is 19.7. The van der Waals surface area contributed by atoms with Gasteiger partial charge in [-0.1, -0.05) is 42.5 Å². The Morgan fingerprint density at radius 3 is 2.06 bits per heavy atom. The predicted molar refractivity (Wildman–Crippen MR) is 138 cm³/mol. The molecular formula is C28H37N3O. The van der Waals surface area contributed by atoms with Gasteiger partial charge in [0.15, 0.2) is 0 Å². The second-order valence-corrected chi connectivity index (χ2v) is 8.38. The van der Waals surface area contributed by atoms with Crippen molar-refractivity contribution < 1.29 is 5.11 Å². The lowest BCUT2D eigenvalue weighted by Crippen LogP contribution is -2.44. The summed E-state index contributed by atoms with van der Waals surface area (Å²) in [5, 5.41) is 9.57. The molecular weight excluding hydrogens is 394 g/mol. The molecule has 0 atom stereocenters. The van der Waals surface area contributed by atoms with E-state index in [0.717, 1.165) is 50.3 Å². The molecule has 1 heterocycles. The van der Waals surface area contributed by atoms with Crippen LogP contribution in [0.4, 0.5) is 11.4 Å². The highest BCUT2D eigenvalue weighted by Crippen LogP contribution is 2.35. The SMILES string of the molecule is C\C=C/C(=C\C)C(/CCCO)=C(/c1ccc(N)cc1)c1ccc(N2CCN(C)CC2)cc1. The maximum atomic E-state index is 9.57. The smallest absolute Gasteiger partial charge is 0.0434 e. The monoisotopic (exact) mass is 431 g/mol. The van der Waals surface area contributed by atoms with Crippen LogP contribution in [0.1, 0.15) is 37.8 Å². The number of anilines is 2. The summed E-state index contributed by atoms with van der Waals surface area (Å²) in [6, 6.07) is 17.1. The van der Waals surface area contributed by atoms with Crippen molar-refractivity contribution in [2.24, 2.45) is 0 Å². The van der Waals surface area contributed by atoms with Crippen LogP contribution in [0, 0.1) is 0 Å². The van der Waals surface area contributed by atoms with E-state index in [1.54, 1.807) is 0 Å². The van der Waals surface area contributed by atoms with E-state index in [-0.39, 0.29) is 6.61 Å². The molecule has 0 spiro atoms. The molecule has 0 aromatic heterocycles. The van der Waals surface area contributed by atoms with Gasteiger partial charge in [-0.15, -0.1) is 0 Å². The number of nitrogens with two attached hydrogens (primary N) is 1. The number of benzene rings is 2. The number of piperazine rings is 1. The number of allylic oxidation sites excluding steroid dienone is 5. The lowest BCUT2D eigenvalue weighted by Gasteiger charge is -2.34. The van der Waals surface area contributed by atoms with E-state index in [4.69, 9.17) is 5.73 Å². The number of nitrogens with zero attached hydrogens (tertiary/aromatic N) is 2. The van der Waals surface area contributed by atoms with E-state index < -0.39 is 0 Å². The standard InChI is InChI=1S/C28H37N3O/c1-4-7-22(5-2)27(8-6-21-32)28(23-9-13-25(29)14-10-23)24-11-15-26(16-12-24)31-19-17-30(3)18-20-31/h4-5,7,9-16,32H,6,8,17-21,29H2,1-3H3/b7-4-,22-5+,28-27-. The first-order chi connectivity index (χ1) is 15.6. The molecule has 32 heavy (non-hydrogen) atoms. The quantitative estimate of drug-likeness (QED) is 0.450. The third kappa shape index (κ3) is 5.90. The number of aliphatic hydroxyl groups excluding tert-OH is 1. The van der Waals surface area contributed by atoms with E-state index in [1.807, 2.05) is 19.1 Å². The van der Waals surface area contributed by atoms with Crippen molar-refractivity contribution in [1.82, 2.24) is 4.90 Å². The average Bonchev–Trinajstić information content (AvgIpc) is 2.82. The first kappa shape index (κ1) is 23.8. The second-order valence-electron chi connectivity index (χ2n) is 8.38. The number of rotatable bonds is 8. The Hall–Kier alpha value is -2.82. The summed E-state index contributed by atoms with van der Waals surface area (Å²) in [6.45, 7) is 8.60. The van der Waals surface area contributed by atoms with E-state index in [2.05, 4.69) is 78.4 Å². The van der Waals surface area contributed by atoms with Crippen LogP contribution in [0.5, 0.6) is 0 Å². The van der Waals surface area contributed by atoms with Crippen LogP contribution in [0.3, 0.4) is 0 Å². The van der Waals surface area contributed by atoms with Crippen molar-refractivity contribution in [2.45, 2.75) is 26.7 Å². The first-order valence-electron chi connectivity index (χ1n) is 11.6. The van der Waals surface area contributed by atoms with E-state index in [1.165, 1.54) is 28.0 Å². The molecule has 0 radical (unpaired) electrons. The summed E-state index contributed by atoms with van der Waals surface area (Å²) in [5.41, 5.74) is 14.0. The van der Waals surface area contributed by atoms with Gasteiger partial charge in [0, 0.05) is 44.2 Å². The van der Waals surface area contributed by atoms with E-state index in [9.17, 15) is 5.11 Å². The number of aliphatic hydroxyl groups is 1. The van der Waals surface area contributed by atoms with Gasteiger partial charge in [0.2, 0.25) is 0 Å². The van der Waals surface area contributed by atoms with Crippen molar-refractivity contribution in [3.05, 3.63) is 89.0 Å². The molecule has 1 fully saturated rings. The van der Waals surface area contributed by atoms with Crippen molar-refractivity contribution in [3.63, 3.8) is 0 Å². The van der Waals surface area contributed by atoms with Gasteiger partial charge in [-0.3, -0.25) is 0 Å². The zero-order chi connectivity index (χ0) is 22.9. The van der Waals surface area contributed by atoms with Crippen molar-refractivity contribution in [3.8, 4) is 0 Å². The Balaban J connectivity index is 2.09. The molecule has 170 valence electrons. The fourth-order valence-corrected chi connectivity index (χ4v) is 4.29. The van der Waals surface area contributed by atoms with Crippen molar-refractivity contribution >= 4 is 16.9 Å². The molecule has 0 unspecified atom stereocenters. The number of hydrogen-bond acceptors (Lipinski definition) is 4. The van der Waals surface area contributed by atoms with Crippen LogP contribution in [0.25, 0.3) is 5.57 Å². The Morgan fingerprint density at radius 2 is 1.53 bits per heavy atom. The summed E-state index contributed by atoms with van der Waals surface area (Å²) < 4.78 is 0. The summed E-state index contributed by atoms with van der Waals surface area (Å²) >= 11 is 0. The normalized spacial score (nSPS) is 16.5. The molecule has 0 bridgehead atoms. The topological polar surface area (TPSA) is 52.7 Å². The minimum atomic E-state index is 0.174. The highest BCUT2D eigenvalue weighted by molar-refractivity contribution is 5.86. The highest BCUT2D eigenvalue weighted by Gasteiger charge is 2.17. The molecule has 0 amide bonds. The summed E-state index contributed by atoms with van der Waals surface area (Å²) in [7, 11) is 2.18. The van der Waals surface area contributed by atoms with Crippen LogP contribution in [0.2, 0.25) is 0 Å². The van der Waals surface area contributed by atoms with Crippen LogP contribution in [-0.4, -0.2) is 49.8 Å². The van der Waals surface area contributed by atoms with Gasteiger partial charge in [0.25, 0.3) is 0 Å². The molecule has 1 saturated heterocycles. The molecule has 1 aliphatic rings. The lowest BCUT2D eigenvalue weighted by atomic mass is 9.86. The summed E-state index contributed by atoms with van der Waals surface area (Å²) in [4.78, 5) is 4.83. The van der Waals surface area contributed by atoms with Crippen LogP contribution in [-0.2, 0) is 0 Å². The van der Waals surface area contributed by atoms with E-state index >= 15 is 0 Å². The fourth-order valence-electron chi connectivity index (χ4n) is 4.29. The first-order valence-corrected chi connectivity index (χ1v) is 11.6. The number of likely N-dealkylation sites (N-methyl/N-ethyl adjacent to an activating group) is 1. The second kappa shape index (κ2) is 11.7. The lowest BCUT2D eigenvalue weighted by molar-refractivity contribution is 0.289. The van der Waals surface area contributed by atoms with Gasteiger partial charge in [0.1, 0.15) is 0 Å². The van der Waals surface area contributed by atoms with Gasteiger partial charge < -0.3 is 20.6 Å². The van der Waals surface area contributed by atoms with Gasteiger partial charge in [-0.2, -0.15) is 0 Å². The maximum Gasteiger partial charge on any atom is 0.0434 e. The molecule has 4 nitrogen and oxygen atoms in total. The molecule has 0 aliphatic carbocycles. The van der Waals surface area contributed by atoms with Gasteiger partial charge in [-0.25, -0.2) is 0 Å². The van der Waals surface area contributed by atoms with Crippen LogP contribution < -0.4 is 10.6 Å². The molecule has 3 rings (SSSR count). The van der Waals surface area contributed by atoms with Gasteiger partial charge in [0.05, 0.1) is 0 Å². The molecule has 4 heteroatoms. The van der Waals surface area contributed by atoms with Crippen molar-refractivity contribution in [2.75, 3.05) is 50.5 Å². The average molecular weight is 432 g/mol. The third-order valence-electron chi connectivity index (χ3n) is 6.12. The minimum absolute atomic E-state index is 0.174. The summed E-state index contributed by atoms with van der Waals surface area (Å²) in [5.74, 6) is 0. The Morgan fingerprint density at radius 1 is 0.938 bits per heavy atom. The maximum absolute atomic E-state index is 9.57. The largest absolute Gasteiger partial charge is 0.399 e. The Kier molecular flexibility index (Phi) is 8.72. The summed E-state index contributed by atoms with van der Waals surface area (Å²) in [6.07, 6.45) is 7.92. The number of nitrogen functional groups attached to an aromatic ring is 1. The van der Waals surface area contributed by atoms with Crippen LogP contribution in [0.15, 0.2) is 77.9 Å².